The van der Waals surface area contributed by atoms with Crippen LogP contribution in [0.1, 0.15) is 40.0 Å². The number of nitrogens with one attached hydrogen (secondary N) is 2. The highest BCUT2D eigenvalue weighted by molar-refractivity contribution is 14.0. The Morgan fingerprint density at radius 2 is 1.92 bits per heavy atom. The van der Waals surface area contributed by atoms with Crippen LogP contribution in [0.5, 0.6) is 0 Å². The number of aliphatic imine (C=N–C) groups is 1. The standard InChI is InChI=1S/C18H35N5.HI/c1-13(2)23-10-14(3)17(12-23)21-18(19-4)20-9-15-7-8-22(11-15)16-5-6-16;/h13-17H,5-12H2,1-4H3,(H2,19,20,21);1H. The molecule has 3 unspecified atom stereocenters. The number of likely N-dealkylation sites (tertiary alicyclic amines) is 2. The van der Waals surface area contributed by atoms with Gasteiger partial charge in [-0.2, -0.15) is 0 Å². The van der Waals surface area contributed by atoms with Crippen LogP contribution in [0.4, 0.5) is 0 Å². The number of guanidine groups is 1. The van der Waals surface area contributed by atoms with E-state index in [4.69, 9.17) is 0 Å². The Hall–Kier alpha value is -0.0800. The van der Waals surface area contributed by atoms with E-state index in [1.165, 1.54) is 38.9 Å². The van der Waals surface area contributed by atoms with E-state index < -0.39 is 0 Å². The van der Waals surface area contributed by atoms with Crippen LogP contribution in [0.3, 0.4) is 0 Å². The first-order valence-corrected chi connectivity index (χ1v) is 9.52. The molecule has 6 heteroatoms. The molecule has 0 radical (unpaired) electrons. The molecule has 3 aliphatic rings. The third kappa shape index (κ3) is 5.21. The molecule has 24 heavy (non-hydrogen) atoms. The zero-order valence-electron chi connectivity index (χ0n) is 15.8. The highest BCUT2D eigenvalue weighted by Gasteiger charge is 2.34. The van der Waals surface area contributed by atoms with E-state index in [9.17, 15) is 0 Å². The number of rotatable bonds is 5. The summed E-state index contributed by atoms with van der Waals surface area (Å²) in [7, 11) is 1.89. The van der Waals surface area contributed by atoms with Gasteiger partial charge in [0, 0.05) is 51.4 Å². The van der Waals surface area contributed by atoms with Crippen molar-refractivity contribution in [3.8, 4) is 0 Å². The summed E-state index contributed by atoms with van der Waals surface area (Å²) >= 11 is 0. The van der Waals surface area contributed by atoms with Gasteiger partial charge in [0.05, 0.1) is 0 Å². The fourth-order valence-electron chi connectivity index (χ4n) is 4.03. The van der Waals surface area contributed by atoms with E-state index in [1.807, 2.05) is 7.05 Å². The van der Waals surface area contributed by atoms with Gasteiger partial charge in [-0.25, -0.2) is 0 Å². The first-order chi connectivity index (χ1) is 11.1. The second-order valence-electron chi connectivity index (χ2n) is 8.11. The Bertz CT molecular complexity index is 424. The van der Waals surface area contributed by atoms with E-state index in [1.54, 1.807) is 0 Å². The summed E-state index contributed by atoms with van der Waals surface area (Å²) in [6.45, 7) is 12.9. The van der Waals surface area contributed by atoms with E-state index in [2.05, 4.69) is 46.2 Å². The minimum atomic E-state index is 0. The Morgan fingerprint density at radius 3 is 2.50 bits per heavy atom. The van der Waals surface area contributed by atoms with Gasteiger partial charge in [0.15, 0.2) is 5.96 Å². The third-order valence-corrected chi connectivity index (χ3v) is 5.86. The number of hydrogen-bond acceptors (Lipinski definition) is 3. The van der Waals surface area contributed by atoms with E-state index >= 15 is 0 Å². The molecular weight excluding hydrogens is 413 g/mol. The molecule has 0 bridgehead atoms. The fourth-order valence-corrected chi connectivity index (χ4v) is 4.03. The number of nitrogens with zero attached hydrogens (tertiary/aromatic N) is 3. The van der Waals surface area contributed by atoms with Gasteiger partial charge in [-0.15, -0.1) is 24.0 Å². The molecule has 0 aromatic carbocycles. The van der Waals surface area contributed by atoms with E-state index in [0.717, 1.165) is 31.0 Å². The molecule has 0 aromatic rings. The van der Waals surface area contributed by atoms with Crippen LogP contribution < -0.4 is 10.6 Å². The van der Waals surface area contributed by atoms with Crippen molar-refractivity contribution in [1.82, 2.24) is 20.4 Å². The van der Waals surface area contributed by atoms with Crippen LogP contribution in [0.15, 0.2) is 4.99 Å². The molecule has 3 atom stereocenters. The lowest BCUT2D eigenvalue weighted by molar-refractivity contribution is 0.265. The summed E-state index contributed by atoms with van der Waals surface area (Å²) in [5, 5.41) is 7.23. The highest BCUT2D eigenvalue weighted by atomic mass is 127. The van der Waals surface area contributed by atoms with E-state index in [0.29, 0.717) is 18.0 Å². The van der Waals surface area contributed by atoms with Crippen molar-refractivity contribution in [3.63, 3.8) is 0 Å². The molecule has 0 amide bonds. The van der Waals surface area contributed by atoms with Crippen LogP contribution in [0.25, 0.3) is 0 Å². The molecule has 1 aliphatic carbocycles. The summed E-state index contributed by atoms with van der Waals surface area (Å²) in [5.74, 6) is 2.44. The maximum absolute atomic E-state index is 4.45. The monoisotopic (exact) mass is 449 g/mol. The number of hydrogen-bond donors (Lipinski definition) is 2. The van der Waals surface area contributed by atoms with E-state index in [-0.39, 0.29) is 24.0 Å². The molecule has 3 rings (SSSR count). The van der Waals surface area contributed by atoms with Gasteiger partial charge in [0.25, 0.3) is 0 Å². The minimum absolute atomic E-state index is 0. The maximum Gasteiger partial charge on any atom is 0.191 e. The molecule has 2 aliphatic heterocycles. The summed E-state index contributed by atoms with van der Waals surface area (Å²) in [6, 6.07) is 2.06. The first kappa shape index (κ1) is 20.2. The lowest BCUT2D eigenvalue weighted by Crippen LogP contribution is -2.48. The van der Waals surface area contributed by atoms with Gasteiger partial charge in [-0.1, -0.05) is 6.92 Å². The summed E-state index contributed by atoms with van der Waals surface area (Å²) in [5.41, 5.74) is 0. The molecule has 5 nitrogen and oxygen atoms in total. The molecule has 3 fully saturated rings. The van der Waals surface area contributed by atoms with Crippen molar-refractivity contribution in [2.24, 2.45) is 16.8 Å². The van der Waals surface area contributed by atoms with Gasteiger partial charge in [0.1, 0.15) is 0 Å². The van der Waals surface area contributed by atoms with Gasteiger partial charge in [-0.3, -0.25) is 9.89 Å². The third-order valence-electron chi connectivity index (χ3n) is 5.86. The summed E-state index contributed by atoms with van der Waals surface area (Å²) < 4.78 is 0. The van der Waals surface area contributed by atoms with Gasteiger partial charge in [0.2, 0.25) is 0 Å². The van der Waals surface area contributed by atoms with Crippen LogP contribution in [-0.4, -0.2) is 73.7 Å². The fraction of sp³-hybridized carbons (Fsp3) is 0.944. The van der Waals surface area contributed by atoms with Crippen LogP contribution in [0, 0.1) is 11.8 Å². The van der Waals surface area contributed by atoms with Crippen molar-refractivity contribution in [1.29, 1.82) is 0 Å². The van der Waals surface area contributed by atoms with Crippen molar-refractivity contribution < 1.29 is 0 Å². The SMILES string of the molecule is CN=C(NCC1CCN(C2CC2)C1)NC1CN(C(C)C)CC1C.I. The Balaban J connectivity index is 0.00000208. The zero-order valence-corrected chi connectivity index (χ0v) is 18.1. The molecular formula is C18H36IN5. The zero-order chi connectivity index (χ0) is 16.4. The largest absolute Gasteiger partial charge is 0.356 e. The molecule has 140 valence electrons. The molecule has 2 heterocycles. The second kappa shape index (κ2) is 9.03. The molecule has 1 saturated carbocycles. The Morgan fingerprint density at radius 1 is 1.17 bits per heavy atom. The quantitative estimate of drug-likeness (QED) is 0.383. The Labute approximate surface area is 165 Å². The molecule has 0 aromatic heterocycles. The first-order valence-electron chi connectivity index (χ1n) is 9.52. The lowest BCUT2D eigenvalue weighted by Gasteiger charge is -2.22. The average Bonchev–Trinajstić information content (AvgIpc) is 3.16. The lowest BCUT2D eigenvalue weighted by atomic mass is 10.1. The van der Waals surface area contributed by atoms with Crippen LogP contribution in [-0.2, 0) is 0 Å². The molecule has 0 spiro atoms. The van der Waals surface area contributed by atoms with Crippen molar-refractivity contribution in [2.45, 2.75) is 58.2 Å². The van der Waals surface area contributed by atoms with Gasteiger partial charge >= 0.3 is 0 Å². The molecule has 2 saturated heterocycles. The van der Waals surface area contributed by atoms with Crippen LogP contribution >= 0.6 is 24.0 Å². The van der Waals surface area contributed by atoms with Crippen molar-refractivity contribution >= 4 is 29.9 Å². The second-order valence-corrected chi connectivity index (χ2v) is 8.11. The van der Waals surface area contributed by atoms with Crippen molar-refractivity contribution in [2.75, 3.05) is 39.8 Å². The van der Waals surface area contributed by atoms with Crippen molar-refractivity contribution in [3.05, 3.63) is 0 Å². The topological polar surface area (TPSA) is 42.9 Å². The normalized spacial score (nSPS) is 32.2. The highest BCUT2D eigenvalue weighted by Crippen LogP contribution is 2.31. The summed E-state index contributed by atoms with van der Waals surface area (Å²) in [4.78, 5) is 9.68. The maximum atomic E-state index is 4.45. The van der Waals surface area contributed by atoms with Gasteiger partial charge < -0.3 is 15.5 Å². The minimum Gasteiger partial charge on any atom is -0.356 e. The van der Waals surface area contributed by atoms with Crippen LogP contribution in [0.2, 0.25) is 0 Å². The predicted molar refractivity (Wildman–Crippen MR) is 112 cm³/mol. The number of halogens is 1. The summed E-state index contributed by atoms with van der Waals surface area (Å²) in [6.07, 6.45) is 4.19. The average molecular weight is 449 g/mol. The molecule has 2 N–H and O–H groups in total. The van der Waals surface area contributed by atoms with Gasteiger partial charge in [-0.05, 0) is 51.5 Å². The predicted octanol–water partition coefficient (Wildman–Crippen LogP) is 1.98. The Kier molecular flexibility index (Phi) is 7.61. The smallest absolute Gasteiger partial charge is 0.191 e.